The number of hydrogen-bond donors (Lipinski definition) is 2. The minimum Gasteiger partial charge on any atom is -0.480 e. The Bertz CT molecular complexity index is 448. The van der Waals surface area contributed by atoms with Crippen molar-refractivity contribution in [2.45, 2.75) is 38.3 Å². The van der Waals surface area contributed by atoms with Crippen molar-refractivity contribution < 1.29 is 23.1 Å². The number of hydrogen-bond acceptors (Lipinski definition) is 5. The highest BCUT2D eigenvalue weighted by Gasteiger charge is 2.35. The van der Waals surface area contributed by atoms with Gasteiger partial charge in [0, 0.05) is 18.5 Å². The Hall–Kier alpha value is -1.15. The summed E-state index contributed by atoms with van der Waals surface area (Å²) in [5.41, 5.74) is 5.68. The Balaban J connectivity index is 2.77. The first-order valence-corrected chi connectivity index (χ1v) is 8.04. The van der Waals surface area contributed by atoms with Crippen LogP contribution >= 0.6 is 0 Å². The van der Waals surface area contributed by atoms with Crippen LogP contribution in [0.1, 0.15) is 26.2 Å². The third-order valence-electron chi connectivity index (χ3n) is 3.24. The van der Waals surface area contributed by atoms with Gasteiger partial charge in [-0.3, -0.25) is 9.59 Å². The molecule has 1 heterocycles. The Morgan fingerprint density at radius 2 is 2.11 bits per heavy atom. The molecule has 1 aliphatic heterocycles. The molecule has 8 heteroatoms. The zero-order chi connectivity index (χ0) is 14.6. The zero-order valence-electron chi connectivity index (χ0n) is 10.9. The second-order valence-electron chi connectivity index (χ2n) is 4.84. The first-order valence-electron chi connectivity index (χ1n) is 6.22. The van der Waals surface area contributed by atoms with E-state index >= 15 is 0 Å². The van der Waals surface area contributed by atoms with E-state index in [4.69, 9.17) is 10.8 Å². The van der Waals surface area contributed by atoms with E-state index in [9.17, 15) is 18.0 Å². The van der Waals surface area contributed by atoms with Gasteiger partial charge in [0.05, 0.1) is 11.5 Å². The van der Waals surface area contributed by atoms with E-state index in [-0.39, 0.29) is 29.9 Å². The number of amides is 1. The Morgan fingerprint density at radius 3 is 2.53 bits per heavy atom. The lowest BCUT2D eigenvalue weighted by molar-refractivity contribution is -0.146. The fraction of sp³-hybridized carbons (Fsp3) is 0.818. The van der Waals surface area contributed by atoms with Gasteiger partial charge in [-0.15, -0.1) is 0 Å². The molecule has 1 rings (SSSR count). The molecule has 0 aliphatic carbocycles. The number of carbonyl (C=O) groups is 2. The molecule has 0 saturated carbocycles. The highest BCUT2D eigenvalue weighted by molar-refractivity contribution is 7.91. The summed E-state index contributed by atoms with van der Waals surface area (Å²) < 4.78 is 22.8. The molecule has 1 aliphatic rings. The summed E-state index contributed by atoms with van der Waals surface area (Å²) in [4.78, 5) is 24.0. The fourth-order valence-corrected chi connectivity index (χ4v) is 3.80. The monoisotopic (exact) mass is 292 g/mol. The molecule has 0 spiro atoms. The van der Waals surface area contributed by atoms with E-state index < -0.39 is 28.4 Å². The molecule has 0 aromatic heterocycles. The molecule has 2 atom stereocenters. The van der Waals surface area contributed by atoms with E-state index in [2.05, 4.69) is 0 Å². The number of rotatable bonds is 6. The van der Waals surface area contributed by atoms with Gasteiger partial charge in [-0.1, -0.05) is 6.92 Å². The van der Waals surface area contributed by atoms with Crippen molar-refractivity contribution in [2.75, 3.05) is 18.1 Å². The summed E-state index contributed by atoms with van der Waals surface area (Å²) in [7, 11) is -3.16. The van der Waals surface area contributed by atoms with Crippen LogP contribution in [0.5, 0.6) is 0 Å². The van der Waals surface area contributed by atoms with Crippen LogP contribution in [0.3, 0.4) is 0 Å². The third kappa shape index (κ3) is 4.79. The molecule has 110 valence electrons. The zero-order valence-corrected chi connectivity index (χ0v) is 11.7. The van der Waals surface area contributed by atoms with Crippen molar-refractivity contribution in [2.24, 2.45) is 5.73 Å². The molecule has 0 aromatic rings. The first-order chi connectivity index (χ1) is 8.75. The van der Waals surface area contributed by atoms with Crippen molar-refractivity contribution in [3.63, 3.8) is 0 Å². The van der Waals surface area contributed by atoms with Crippen LogP contribution in [0.25, 0.3) is 0 Å². The Morgan fingerprint density at radius 1 is 1.47 bits per heavy atom. The lowest BCUT2D eigenvalue weighted by atomic mass is 10.1. The molecule has 0 radical (unpaired) electrons. The van der Waals surface area contributed by atoms with Gasteiger partial charge in [0.2, 0.25) is 5.91 Å². The van der Waals surface area contributed by atoms with Crippen molar-refractivity contribution >= 4 is 21.7 Å². The lowest BCUT2D eigenvalue weighted by Gasteiger charge is -2.27. The molecule has 0 bridgehead atoms. The average Bonchev–Trinajstić information content (AvgIpc) is 2.65. The van der Waals surface area contributed by atoms with Crippen LogP contribution in [0.15, 0.2) is 0 Å². The molecular formula is C11H20N2O5S. The lowest BCUT2D eigenvalue weighted by Crippen LogP contribution is -2.45. The average molecular weight is 292 g/mol. The van der Waals surface area contributed by atoms with Gasteiger partial charge in [-0.2, -0.15) is 0 Å². The topological polar surface area (TPSA) is 118 Å². The van der Waals surface area contributed by atoms with Crippen molar-refractivity contribution in [1.29, 1.82) is 0 Å². The molecule has 2 unspecified atom stereocenters. The van der Waals surface area contributed by atoms with Crippen LogP contribution in [-0.2, 0) is 19.4 Å². The normalized spacial score (nSPS) is 22.9. The van der Waals surface area contributed by atoms with Crippen LogP contribution < -0.4 is 5.73 Å². The van der Waals surface area contributed by atoms with Gasteiger partial charge in [-0.05, 0) is 12.8 Å². The number of carboxylic acids is 1. The highest BCUT2D eigenvalue weighted by atomic mass is 32.2. The van der Waals surface area contributed by atoms with Gasteiger partial charge in [0.1, 0.15) is 6.54 Å². The number of sulfone groups is 1. The molecule has 19 heavy (non-hydrogen) atoms. The van der Waals surface area contributed by atoms with Crippen LogP contribution in [0, 0.1) is 0 Å². The summed E-state index contributed by atoms with van der Waals surface area (Å²) in [6, 6.07) is -0.875. The van der Waals surface area contributed by atoms with Crippen molar-refractivity contribution in [1.82, 2.24) is 4.90 Å². The van der Waals surface area contributed by atoms with Crippen LogP contribution in [0.2, 0.25) is 0 Å². The predicted molar refractivity (Wildman–Crippen MR) is 69.3 cm³/mol. The first kappa shape index (κ1) is 15.9. The third-order valence-corrected chi connectivity index (χ3v) is 4.99. The SMILES string of the molecule is CCC(N)CC(=O)N(CC(=O)O)C1CCS(=O)(=O)C1. The van der Waals surface area contributed by atoms with E-state index in [0.717, 1.165) is 4.90 Å². The second-order valence-corrected chi connectivity index (χ2v) is 7.07. The summed E-state index contributed by atoms with van der Waals surface area (Å²) in [5.74, 6) is -1.70. The van der Waals surface area contributed by atoms with Gasteiger partial charge >= 0.3 is 5.97 Å². The van der Waals surface area contributed by atoms with E-state index in [0.29, 0.717) is 12.8 Å². The number of carboxylic acid groups (broad SMARTS) is 1. The van der Waals surface area contributed by atoms with Gasteiger partial charge in [0.25, 0.3) is 0 Å². The summed E-state index contributed by atoms with van der Waals surface area (Å²) in [6.45, 7) is 1.36. The van der Waals surface area contributed by atoms with Gasteiger partial charge in [-0.25, -0.2) is 8.42 Å². The standard InChI is InChI=1S/C11H20N2O5S/c1-2-8(12)5-10(14)13(6-11(15)16)9-3-4-19(17,18)7-9/h8-9H,2-7,12H2,1H3,(H,15,16). The number of aliphatic carboxylic acids is 1. The maximum Gasteiger partial charge on any atom is 0.323 e. The number of carbonyl (C=O) groups excluding carboxylic acids is 1. The largest absolute Gasteiger partial charge is 0.480 e. The minimum atomic E-state index is -3.16. The molecule has 3 N–H and O–H groups in total. The van der Waals surface area contributed by atoms with E-state index in [1.807, 2.05) is 6.92 Å². The quantitative estimate of drug-likeness (QED) is 0.662. The van der Waals surface area contributed by atoms with Crippen LogP contribution in [0.4, 0.5) is 0 Å². The molecule has 7 nitrogen and oxygen atoms in total. The molecule has 0 aromatic carbocycles. The predicted octanol–water partition coefficient (Wildman–Crippen LogP) is -0.786. The molecular weight excluding hydrogens is 272 g/mol. The number of nitrogens with zero attached hydrogens (tertiary/aromatic N) is 1. The van der Waals surface area contributed by atoms with Crippen molar-refractivity contribution in [3.05, 3.63) is 0 Å². The molecule has 1 saturated heterocycles. The van der Waals surface area contributed by atoms with E-state index in [1.54, 1.807) is 0 Å². The summed E-state index contributed by atoms with van der Waals surface area (Å²) in [6.07, 6.45) is 0.943. The fourth-order valence-electron chi connectivity index (χ4n) is 2.07. The van der Waals surface area contributed by atoms with Gasteiger partial charge in [0.15, 0.2) is 9.84 Å². The molecule has 1 amide bonds. The summed E-state index contributed by atoms with van der Waals surface area (Å²) in [5, 5.41) is 8.84. The Labute approximate surface area is 112 Å². The maximum atomic E-state index is 12.0. The van der Waals surface area contributed by atoms with Gasteiger partial charge < -0.3 is 15.7 Å². The number of nitrogens with two attached hydrogens (primary N) is 1. The summed E-state index contributed by atoms with van der Waals surface area (Å²) >= 11 is 0. The van der Waals surface area contributed by atoms with Crippen molar-refractivity contribution in [3.8, 4) is 0 Å². The molecule has 1 fully saturated rings. The van der Waals surface area contributed by atoms with E-state index in [1.165, 1.54) is 0 Å². The Kier molecular flexibility index (Phi) is 5.30. The highest BCUT2D eigenvalue weighted by Crippen LogP contribution is 2.19. The minimum absolute atomic E-state index is 0.000890. The van der Waals surface area contributed by atoms with Crippen LogP contribution in [-0.4, -0.2) is 60.4 Å². The second kappa shape index (κ2) is 6.33. The smallest absolute Gasteiger partial charge is 0.323 e. The maximum absolute atomic E-state index is 12.0.